The number of thiophene rings is 1. The lowest BCUT2D eigenvalue weighted by Gasteiger charge is -1.89. The minimum absolute atomic E-state index is 0.332. The summed E-state index contributed by atoms with van der Waals surface area (Å²) < 4.78 is 1.76. The highest BCUT2D eigenvalue weighted by molar-refractivity contribution is 7.20. The Labute approximate surface area is 88.4 Å². The molecule has 5 heteroatoms. The van der Waals surface area contributed by atoms with Gasteiger partial charge in [0, 0.05) is 11.6 Å². The second-order valence-electron chi connectivity index (χ2n) is 3.17. The number of nitrogens with zero attached hydrogens (tertiary/aromatic N) is 2. The first kappa shape index (κ1) is 8.43. The maximum Gasteiger partial charge on any atom is 0.345 e. The molecule has 1 N–H and O–H groups in total. The molecule has 3 aromatic rings. The van der Waals surface area contributed by atoms with Crippen molar-refractivity contribution >= 4 is 33.0 Å². The standard InChI is InChI=1S/C10H6N2O2S/c13-10(14)8-5-6-7-3-1-2-4-12(7)11-9(6)15-8/h1-5H,(H,13,14). The number of aromatic carboxylic acids is 1. The van der Waals surface area contributed by atoms with E-state index in [1.165, 1.54) is 11.3 Å². The van der Waals surface area contributed by atoms with Gasteiger partial charge in [-0.05, 0) is 18.2 Å². The minimum Gasteiger partial charge on any atom is -0.477 e. The molecular weight excluding hydrogens is 212 g/mol. The molecule has 0 spiro atoms. The Kier molecular flexibility index (Phi) is 1.58. The predicted octanol–water partition coefficient (Wildman–Crippen LogP) is 2.25. The van der Waals surface area contributed by atoms with E-state index < -0.39 is 5.97 Å². The first-order chi connectivity index (χ1) is 7.25. The van der Waals surface area contributed by atoms with E-state index in [1.54, 1.807) is 10.6 Å². The molecule has 0 fully saturated rings. The summed E-state index contributed by atoms with van der Waals surface area (Å²) in [5.41, 5.74) is 0.941. The van der Waals surface area contributed by atoms with Crippen LogP contribution in [0.4, 0.5) is 0 Å². The largest absolute Gasteiger partial charge is 0.477 e. The predicted molar refractivity (Wildman–Crippen MR) is 57.5 cm³/mol. The van der Waals surface area contributed by atoms with Crippen molar-refractivity contribution in [1.29, 1.82) is 0 Å². The summed E-state index contributed by atoms with van der Waals surface area (Å²) in [4.78, 5) is 11.9. The fraction of sp³-hybridized carbons (Fsp3) is 0. The maximum absolute atomic E-state index is 10.8. The normalized spacial score (nSPS) is 11.2. The number of carbonyl (C=O) groups is 1. The molecule has 0 aliphatic carbocycles. The van der Waals surface area contributed by atoms with Crippen LogP contribution in [-0.4, -0.2) is 20.7 Å². The quantitative estimate of drug-likeness (QED) is 0.681. The van der Waals surface area contributed by atoms with E-state index in [9.17, 15) is 4.79 Å². The number of carboxylic acids is 1. The Morgan fingerprint density at radius 2 is 2.33 bits per heavy atom. The molecule has 4 nitrogen and oxygen atoms in total. The molecule has 15 heavy (non-hydrogen) atoms. The molecule has 0 bridgehead atoms. The zero-order chi connectivity index (χ0) is 10.4. The van der Waals surface area contributed by atoms with E-state index in [-0.39, 0.29) is 0 Å². The highest BCUT2D eigenvalue weighted by Crippen LogP contribution is 2.27. The first-order valence-corrected chi connectivity index (χ1v) is 5.17. The zero-order valence-electron chi connectivity index (χ0n) is 7.54. The van der Waals surface area contributed by atoms with Crippen LogP contribution in [0.2, 0.25) is 0 Å². The van der Waals surface area contributed by atoms with Crippen LogP contribution in [-0.2, 0) is 0 Å². The lowest BCUT2D eigenvalue weighted by atomic mass is 10.3. The molecule has 3 aromatic heterocycles. The molecule has 0 unspecified atom stereocenters. The molecule has 0 saturated heterocycles. The van der Waals surface area contributed by atoms with Crippen molar-refractivity contribution < 1.29 is 9.90 Å². The fourth-order valence-corrected chi connectivity index (χ4v) is 2.45. The topological polar surface area (TPSA) is 54.6 Å². The van der Waals surface area contributed by atoms with Gasteiger partial charge in [0.2, 0.25) is 0 Å². The van der Waals surface area contributed by atoms with Gasteiger partial charge in [0.25, 0.3) is 0 Å². The Hall–Kier alpha value is -1.88. The summed E-state index contributed by atoms with van der Waals surface area (Å²) in [5, 5.41) is 14.0. The summed E-state index contributed by atoms with van der Waals surface area (Å²) in [6.07, 6.45) is 1.85. The van der Waals surface area contributed by atoms with Crippen molar-refractivity contribution in [2.45, 2.75) is 0 Å². The molecule has 0 aliphatic heterocycles. The highest BCUT2D eigenvalue weighted by atomic mass is 32.1. The molecule has 0 amide bonds. The number of hydrogen-bond donors (Lipinski definition) is 1. The van der Waals surface area contributed by atoms with Gasteiger partial charge in [0.15, 0.2) is 0 Å². The number of aromatic nitrogens is 2. The maximum atomic E-state index is 10.8. The van der Waals surface area contributed by atoms with E-state index in [4.69, 9.17) is 5.11 Å². The monoisotopic (exact) mass is 218 g/mol. The second-order valence-corrected chi connectivity index (χ2v) is 4.20. The van der Waals surface area contributed by atoms with E-state index >= 15 is 0 Å². The third-order valence-electron chi connectivity index (χ3n) is 2.24. The van der Waals surface area contributed by atoms with Crippen molar-refractivity contribution in [2.24, 2.45) is 0 Å². The summed E-state index contributed by atoms with van der Waals surface area (Å²) in [6.45, 7) is 0. The molecular formula is C10H6N2O2S. The van der Waals surface area contributed by atoms with Gasteiger partial charge < -0.3 is 5.11 Å². The molecule has 3 heterocycles. The Morgan fingerprint density at radius 3 is 3.13 bits per heavy atom. The summed E-state index contributed by atoms with van der Waals surface area (Å²) in [7, 11) is 0. The van der Waals surface area contributed by atoms with Crippen molar-refractivity contribution in [3.05, 3.63) is 35.3 Å². The van der Waals surface area contributed by atoms with Crippen LogP contribution in [0.3, 0.4) is 0 Å². The SMILES string of the molecule is O=C(O)c1cc2c(nn3ccccc23)s1. The van der Waals surface area contributed by atoms with Crippen LogP contribution in [0.15, 0.2) is 30.5 Å². The molecule has 0 aliphatic rings. The molecule has 0 atom stereocenters. The van der Waals surface area contributed by atoms with Gasteiger partial charge in [-0.2, -0.15) is 5.10 Å². The second kappa shape index (κ2) is 2.80. The van der Waals surface area contributed by atoms with Crippen LogP contribution in [0.5, 0.6) is 0 Å². The minimum atomic E-state index is -0.896. The van der Waals surface area contributed by atoms with Crippen molar-refractivity contribution in [3.8, 4) is 0 Å². The van der Waals surface area contributed by atoms with Gasteiger partial charge in [-0.3, -0.25) is 0 Å². The average Bonchev–Trinajstić information content (AvgIpc) is 2.73. The van der Waals surface area contributed by atoms with E-state index in [0.717, 1.165) is 15.7 Å². The van der Waals surface area contributed by atoms with Gasteiger partial charge in [-0.1, -0.05) is 6.07 Å². The van der Waals surface area contributed by atoms with Gasteiger partial charge in [0.1, 0.15) is 9.71 Å². The molecule has 3 rings (SSSR count). The third kappa shape index (κ3) is 1.13. The van der Waals surface area contributed by atoms with Crippen molar-refractivity contribution in [3.63, 3.8) is 0 Å². The summed E-state index contributed by atoms with van der Waals surface area (Å²) >= 11 is 1.20. The van der Waals surface area contributed by atoms with Gasteiger partial charge in [-0.15, -0.1) is 11.3 Å². The van der Waals surface area contributed by atoms with E-state index in [0.29, 0.717) is 4.88 Å². The number of pyridine rings is 1. The van der Waals surface area contributed by atoms with E-state index in [2.05, 4.69) is 5.10 Å². The zero-order valence-corrected chi connectivity index (χ0v) is 8.36. The van der Waals surface area contributed by atoms with Gasteiger partial charge in [0.05, 0.1) is 5.52 Å². The fourth-order valence-electron chi connectivity index (χ4n) is 1.58. The van der Waals surface area contributed by atoms with Crippen molar-refractivity contribution in [2.75, 3.05) is 0 Å². The van der Waals surface area contributed by atoms with Crippen LogP contribution in [0.25, 0.3) is 15.7 Å². The van der Waals surface area contributed by atoms with Crippen LogP contribution in [0, 0.1) is 0 Å². The Balaban J connectivity index is 2.42. The number of fused-ring (bicyclic) bond motifs is 3. The van der Waals surface area contributed by atoms with Crippen LogP contribution < -0.4 is 0 Å². The number of carboxylic acid groups (broad SMARTS) is 1. The lowest BCUT2D eigenvalue weighted by molar-refractivity contribution is 0.0702. The van der Waals surface area contributed by atoms with E-state index in [1.807, 2.05) is 24.4 Å². The molecule has 0 saturated carbocycles. The number of rotatable bonds is 1. The highest BCUT2D eigenvalue weighted by Gasteiger charge is 2.12. The smallest absolute Gasteiger partial charge is 0.345 e. The van der Waals surface area contributed by atoms with Crippen molar-refractivity contribution in [1.82, 2.24) is 9.61 Å². The summed E-state index contributed by atoms with van der Waals surface area (Å²) in [6, 6.07) is 7.40. The van der Waals surface area contributed by atoms with Crippen LogP contribution in [0.1, 0.15) is 9.67 Å². The first-order valence-electron chi connectivity index (χ1n) is 4.36. The summed E-state index contributed by atoms with van der Waals surface area (Å²) in [5.74, 6) is -0.896. The molecule has 0 aromatic carbocycles. The van der Waals surface area contributed by atoms with Gasteiger partial charge in [-0.25, -0.2) is 9.31 Å². The van der Waals surface area contributed by atoms with Gasteiger partial charge >= 0.3 is 5.97 Å². The lowest BCUT2D eigenvalue weighted by Crippen LogP contribution is -1.90. The third-order valence-corrected chi connectivity index (χ3v) is 3.24. The average molecular weight is 218 g/mol. The molecule has 0 radical (unpaired) electrons. The Bertz CT molecular complexity index is 668. The number of hydrogen-bond acceptors (Lipinski definition) is 3. The molecule has 74 valence electrons. The van der Waals surface area contributed by atoms with Crippen LogP contribution >= 0.6 is 11.3 Å². The Morgan fingerprint density at radius 1 is 1.47 bits per heavy atom.